The lowest BCUT2D eigenvalue weighted by molar-refractivity contribution is 0.158. The number of ether oxygens (including phenoxy) is 1. The first-order valence-electron chi connectivity index (χ1n) is 5.74. The zero-order valence-electron chi connectivity index (χ0n) is 10.3. The van der Waals surface area contributed by atoms with Crippen LogP contribution >= 0.6 is 0 Å². The summed E-state index contributed by atoms with van der Waals surface area (Å²) >= 11 is 0. The Balaban J connectivity index is 2.57. The molecule has 0 spiro atoms. The van der Waals surface area contributed by atoms with E-state index in [0.717, 1.165) is 5.69 Å². The highest BCUT2D eigenvalue weighted by Gasteiger charge is 2.10. The molecule has 5 heteroatoms. The molecule has 0 bridgehead atoms. The molecule has 0 unspecified atom stereocenters. The molecule has 1 aromatic rings. The van der Waals surface area contributed by atoms with Crippen LogP contribution in [0, 0.1) is 0 Å². The van der Waals surface area contributed by atoms with Gasteiger partial charge in [0.2, 0.25) is 0 Å². The van der Waals surface area contributed by atoms with Crippen LogP contribution in [0.5, 0.6) is 0 Å². The number of rotatable bonds is 7. The molecule has 0 saturated carbocycles. The summed E-state index contributed by atoms with van der Waals surface area (Å²) in [5.41, 5.74) is 0.903. The molecule has 96 valence electrons. The van der Waals surface area contributed by atoms with Crippen LogP contribution in [-0.2, 0) is 14.6 Å². The lowest BCUT2D eigenvalue weighted by Crippen LogP contribution is -2.09. The van der Waals surface area contributed by atoms with Gasteiger partial charge in [0.1, 0.15) is 0 Å². The van der Waals surface area contributed by atoms with Gasteiger partial charge in [-0.25, -0.2) is 8.42 Å². The molecule has 1 N–H and O–H groups in total. The van der Waals surface area contributed by atoms with Crippen LogP contribution in [0.15, 0.2) is 29.2 Å². The number of hydrogen-bond acceptors (Lipinski definition) is 4. The van der Waals surface area contributed by atoms with Crippen LogP contribution in [0.2, 0.25) is 0 Å². The van der Waals surface area contributed by atoms with Crippen molar-refractivity contribution in [1.82, 2.24) is 0 Å². The average molecular weight is 257 g/mol. The van der Waals surface area contributed by atoms with Crippen LogP contribution in [0.4, 0.5) is 5.69 Å². The highest BCUT2D eigenvalue weighted by atomic mass is 32.2. The maximum absolute atomic E-state index is 11.6. The molecular formula is C12H19NO3S. The Morgan fingerprint density at radius 1 is 1.18 bits per heavy atom. The topological polar surface area (TPSA) is 55.4 Å². The van der Waals surface area contributed by atoms with Crippen molar-refractivity contribution in [3.05, 3.63) is 24.3 Å². The third-order valence-corrected chi connectivity index (χ3v) is 4.12. The lowest BCUT2D eigenvalue weighted by Gasteiger charge is -2.07. The first-order chi connectivity index (χ1) is 8.10. The van der Waals surface area contributed by atoms with Gasteiger partial charge in [-0.15, -0.1) is 0 Å². The number of hydrogen-bond donors (Lipinski definition) is 1. The van der Waals surface area contributed by atoms with E-state index >= 15 is 0 Å². The highest BCUT2D eigenvalue weighted by Crippen LogP contribution is 2.14. The molecule has 0 heterocycles. The van der Waals surface area contributed by atoms with Crippen LogP contribution in [0.1, 0.15) is 13.8 Å². The van der Waals surface area contributed by atoms with Gasteiger partial charge in [0.05, 0.1) is 17.3 Å². The molecule has 0 saturated heterocycles. The fourth-order valence-corrected chi connectivity index (χ4v) is 2.24. The Morgan fingerprint density at radius 3 is 2.35 bits per heavy atom. The zero-order chi connectivity index (χ0) is 12.7. The normalized spacial score (nSPS) is 11.4. The Morgan fingerprint density at radius 2 is 1.82 bits per heavy atom. The van der Waals surface area contributed by atoms with E-state index in [1.54, 1.807) is 31.2 Å². The predicted molar refractivity (Wildman–Crippen MR) is 69.2 cm³/mol. The summed E-state index contributed by atoms with van der Waals surface area (Å²) in [4.78, 5) is 0.371. The summed E-state index contributed by atoms with van der Waals surface area (Å²) in [5.74, 6) is 0.129. The molecule has 0 radical (unpaired) electrons. The van der Waals surface area contributed by atoms with Crippen molar-refractivity contribution in [2.75, 3.05) is 30.8 Å². The summed E-state index contributed by atoms with van der Waals surface area (Å²) in [6, 6.07) is 6.80. The largest absolute Gasteiger partial charge is 0.383 e. The molecule has 0 aromatic heterocycles. The van der Waals surface area contributed by atoms with Crippen molar-refractivity contribution in [3.8, 4) is 0 Å². The van der Waals surface area contributed by atoms with Crippen LogP contribution in [0.25, 0.3) is 0 Å². The highest BCUT2D eigenvalue weighted by molar-refractivity contribution is 7.91. The third kappa shape index (κ3) is 4.36. The summed E-state index contributed by atoms with van der Waals surface area (Å²) in [6.07, 6.45) is 0. The Kier molecular flexibility index (Phi) is 5.44. The number of anilines is 1. The van der Waals surface area contributed by atoms with Gasteiger partial charge < -0.3 is 10.1 Å². The molecule has 0 fully saturated rings. The fraction of sp³-hybridized carbons (Fsp3) is 0.500. The number of sulfone groups is 1. The molecule has 0 atom stereocenters. The summed E-state index contributed by atoms with van der Waals surface area (Å²) in [6.45, 7) is 5.66. The average Bonchev–Trinajstić information content (AvgIpc) is 2.35. The van der Waals surface area contributed by atoms with E-state index in [0.29, 0.717) is 24.7 Å². The molecule has 0 aliphatic rings. The second-order valence-electron chi connectivity index (χ2n) is 3.55. The van der Waals surface area contributed by atoms with Crippen molar-refractivity contribution in [3.63, 3.8) is 0 Å². The first-order valence-corrected chi connectivity index (χ1v) is 7.39. The first kappa shape index (κ1) is 14.0. The van der Waals surface area contributed by atoms with Gasteiger partial charge in [0.25, 0.3) is 0 Å². The minimum Gasteiger partial charge on any atom is -0.383 e. The van der Waals surface area contributed by atoms with Crippen molar-refractivity contribution in [2.24, 2.45) is 0 Å². The van der Waals surface area contributed by atoms with Gasteiger partial charge in [-0.3, -0.25) is 0 Å². The van der Waals surface area contributed by atoms with Gasteiger partial charge in [-0.05, 0) is 31.2 Å². The number of nitrogens with one attached hydrogen (secondary N) is 1. The fourth-order valence-electron chi connectivity index (χ4n) is 1.36. The molecule has 0 aliphatic carbocycles. The van der Waals surface area contributed by atoms with E-state index in [-0.39, 0.29) is 5.75 Å². The van der Waals surface area contributed by atoms with E-state index in [4.69, 9.17) is 4.74 Å². The van der Waals surface area contributed by atoms with Gasteiger partial charge in [-0.2, -0.15) is 0 Å². The minimum absolute atomic E-state index is 0.129. The van der Waals surface area contributed by atoms with Crippen molar-refractivity contribution < 1.29 is 13.2 Å². The lowest BCUT2D eigenvalue weighted by atomic mass is 10.3. The summed E-state index contributed by atoms with van der Waals surface area (Å²) in [5, 5.41) is 3.16. The van der Waals surface area contributed by atoms with Crippen LogP contribution in [0.3, 0.4) is 0 Å². The van der Waals surface area contributed by atoms with Crippen LogP contribution < -0.4 is 5.32 Å². The third-order valence-electron chi connectivity index (χ3n) is 2.37. The summed E-state index contributed by atoms with van der Waals surface area (Å²) in [7, 11) is -3.10. The van der Waals surface area contributed by atoms with Gasteiger partial charge in [0.15, 0.2) is 9.84 Å². The Bertz CT molecular complexity index is 426. The second kappa shape index (κ2) is 6.61. The van der Waals surface area contributed by atoms with E-state index in [9.17, 15) is 8.42 Å². The monoisotopic (exact) mass is 257 g/mol. The van der Waals surface area contributed by atoms with Crippen molar-refractivity contribution >= 4 is 15.5 Å². The number of benzene rings is 1. The van der Waals surface area contributed by atoms with Gasteiger partial charge in [0, 0.05) is 18.8 Å². The SMILES string of the molecule is CCOCCNc1ccc(S(=O)(=O)CC)cc1. The molecular weight excluding hydrogens is 238 g/mol. The predicted octanol–water partition coefficient (Wildman–Crippen LogP) is 1.93. The summed E-state index contributed by atoms with van der Waals surface area (Å²) < 4.78 is 28.3. The quantitative estimate of drug-likeness (QED) is 0.758. The molecule has 17 heavy (non-hydrogen) atoms. The van der Waals surface area contributed by atoms with Gasteiger partial charge >= 0.3 is 0 Å². The van der Waals surface area contributed by atoms with Gasteiger partial charge in [-0.1, -0.05) is 6.92 Å². The zero-order valence-corrected chi connectivity index (χ0v) is 11.1. The smallest absolute Gasteiger partial charge is 0.178 e. The van der Waals surface area contributed by atoms with E-state index in [1.165, 1.54) is 0 Å². The maximum Gasteiger partial charge on any atom is 0.178 e. The molecule has 1 aromatic carbocycles. The maximum atomic E-state index is 11.6. The molecule has 1 rings (SSSR count). The molecule has 4 nitrogen and oxygen atoms in total. The van der Waals surface area contributed by atoms with Crippen LogP contribution in [-0.4, -0.2) is 33.9 Å². The minimum atomic E-state index is -3.10. The second-order valence-corrected chi connectivity index (χ2v) is 5.83. The Labute approximate surface area is 103 Å². The van der Waals surface area contributed by atoms with E-state index in [1.807, 2.05) is 6.92 Å². The van der Waals surface area contributed by atoms with E-state index in [2.05, 4.69) is 5.32 Å². The molecule has 0 aliphatic heterocycles. The Hall–Kier alpha value is -1.07. The van der Waals surface area contributed by atoms with Crippen molar-refractivity contribution in [1.29, 1.82) is 0 Å². The molecule has 0 amide bonds. The van der Waals surface area contributed by atoms with E-state index < -0.39 is 9.84 Å². The van der Waals surface area contributed by atoms with Crippen molar-refractivity contribution in [2.45, 2.75) is 18.7 Å². The standard InChI is InChI=1S/C12H19NO3S/c1-3-16-10-9-13-11-5-7-12(8-6-11)17(14,15)4-2/h5-8,13H,3-4,9-10H2,1-2H3.